The average molecular weight is 369 g/mol. The molecule has 1 fully saturated rings. The lowest BCUT2D eigenvalue weighted by atomic mass is 10.1. The van der Waals surface area contributed by atoms with E-state index in [4.69, 9.17) is 0 Å². The van der Waals surface area contributed by atoms with E-state index in [1.165, 1.54) is 5.56 Å². The summed E-state index contributed by atoms with van der Waals surface area (Å²) < 4.78 is 0. The van der Waals surface area contributed by atoms with Gasteiger partial charge in [0.2, 0.25) is 5.91 Å². The van der Waals surface area contributed by atoms with Crippen molar-refractivity contribution in [2.45, 2.75) is 30.2 Å². The Hall–Kier alpha value is -2.27. The monoisotopic (exact) mass is 368 g/mol. The van der Waals surface area contributed by atoms with Crippen molar-refractivity contribution >= 4 is 23.6 Å². The van der Waals surface area contributed by atoms with E-state index >= 15 is 0 Å². The Balaban J connectivity index is 1.50. The molecule has 0 spiro atoms. The number of hydrogen-bond acceptors (Lipinski definition) is 3. The number of rotatable bonds is 7. The maximum atomic E-state index is 12.5. The number of nitrogens with zero attached hydrogens (tertiary/aromatic N) is 1. The Morgan fingerprint density at radius 3 is 2.65 bits per heavy atom. The SMILES string of the molecule is CSc1ccccc1C(=O)NC1CC(=O)N(CCCc2ccccc2)C1. The van der Waals surface area contributed by atoms with Crippen molar-refractivity contribution in [1.82, 2.24) is 10.2 Å². The second-order valence-corrected chi connectivity index (χ2v) is 7.35. The minimum absolute atomic E-state index is 0.0983. The van der Waals surface area contributed by atoms with E-state index < -0.39 is 0 Å². The highest BCUT2D eigenvalue weighted by Gasteiger charge is 2.30. The zero-order chi connectivity index (χ0) is 18.4. The molecule has 0 aromatic heterocycles. The second-order valence-electron chi connectivity index (χ2n) is 6.50. The van der Waals surface area contributed by atoms with Gasteiger partial charge in [0, 0.05) is 24.4 Å². The number of nitrogens with one attached hydrogen (secondary N) is 1. The van der Waals surface area contributed by atoms with E-state index in [-0.39, 0.29) is 17.9 Å². The molecule has 1 atom stereocenters. The van der Waals surface area contributed by atoms with Gasteiger partial charge in [0.1, 0.15) is 0 Å². The normalized spacial score (nSPS) is 16.7. The van der Waals surface area contributed by atoms with Gasteiger partial charge >= 0.3 is 0 Å². The molecule has 1 saturated heterocycles. The zero-order valence-corrected chi connectivity index (χ0v) is 15.8. The van der Waals surface area contributed by atoms with Crippen LogP contribution in [0.2, 0.25) is 0 Å². The molecule has 136 valence electrons. The molecule has 0 radical (unpaired) electrons. The molecule has 3 rings (SSSR count). The van der Waals surface area contributed by atoms with Gasteiger partial charge < -0.3 is 10.2 Å². The lowest BCUT2D eigenvalue weighted by Gasteiger charge is -2.17. The molecule has 1 unspecified atom stereocenters. The number of benzene rings is 2. The van der Waals surface area contributed by atoms with E-state index in [9.17, 15) is 9.59 Å². The third-order valence-corrected chi connectivity index (χ3v) is 5.43. The van der Waals surface area contributed by atoms with Gasteiger partial charge in [-0.15, -0.1) is 11.8 Å². The van der Waals surface area contributed by atoms with Crippen LogP contribution in [0, 0.1) is 0 Å². The van der Waals surface area contributed by atoms with Gasteiger partial charge in [-0.25, -0.2) is 0 Å². The smallest absolute Gasteiger partial charge is 0.252 e. The van der Waals surface area contributed by atoms with Crippen LogP contribution in [-0.4, -0.2) is 42.1 Å². The first-order valence-corrected chi connectivity index (χ1v) is 10.2. The molecule has 26 heavy (non-hydrogen) atoms. The molecule has 1 N–H and O–H groups in total. The topological polar surface area (TPSA) is 49.4 Å². The fraction of sp³-hybridized carbons (Fsp3) is 0.333. The first kappa shape index (κ1) is 18.5. The minimum Gasteiger partial charge on any atom is -0.347 e. The summed E-state index contributed by atoms with van der Waals surface area (Å²) in [6.07, 6.45) is 4.24. The van der Waals surface area contributed by atoms with Gasteiger partial charge in [-0.3, -0.25) is 9.59 Å². The summed E-state index contributed by atoms with van der Waals surface area (Å²) in [6, 6.07) is 17.8. The van der Waals surface area contributed by atoms with Crippen molar-refractivity contribution in [3.05, 3.63) is 65.7 Å². The van der Waals surface area contributed by atoms with Crippen molar-refractivity contribution in [3.63, 3.8) is 0 Å². The summed E-state index contributed by atoms with van der Waals surface area (Å²) in [5, 5.41) is 3.02. The molecule has 4 nitrogen and oxygen atoms in total. The lowest BCUT2D eigenvalue weighted by molar-refractivity contribution is -0.127. The van der Waals surface area contributed by atoms with E-state index in [0.717, 1.165) is 24.3 Å². The van der Waals surface area contributed by atoms with Crippen molar-refractivity contribution < 1.29 is 9.59 Å². The van der Waals surface area contributed by atoms with Gasteiger partial charge in [-0.1, -0.05) is 42.5 Å². The van der Waals surface area contributed by atoms with E-state index in [1.807, 2.05) is 53.6 Å². The third kappa shape index (κ3) is 4.67. The number of likely N-dealkylation sites (tertiary alicyclic amines) is 1. The van der Waals surface area contributed by atoms with Crippen LogP contribution in [0.15, 0.2) is 59.5 Å². The molecule has 1 heterocycles. The molecular formula is C21H24N2O2S. The number of hydrogen-bond donors (Lipinski definition) is 1. The predicted octanol–water partition coefficient (Wildman–Crippen LogP) is 3.37. The van der Waals surface area contributed by atoms with E-state index in [1.54, 1.807) is 11.8 Å². The molecule has 1 aliphatic heterocycles. The van der Waals surface area contributed by atoms with Crippen LogP contribution in [0.3, 0.4) is 0 Å². The van der Waals surface area contributed by atoms with Gasteiger partial charge in [0.15, 0.2) is 0 Å². The quantitative estimate of drug-likeness (QED) is 0.763. The maximum Gasteiger partial charge on any atom is 0.252 e. The molecule has 2 aromatic carbocycles. The lowest BCUT2D eigenvalue weighted by Crippen LogP contribution is -2.37. The Morgan fingerprint density at radius 1 is 1.15 bits per heavy atom. The number of carbonyl (C=O) groups excluding carboxylic acids is 2. The molecule has 1 aliphatic rings. The van der Waals surface area contributed by atoms with Gasteiger partial charge in [0.05, 0.1) is 11.6 Å². The first-order valence-electron chi connectivity index (χ1n) is 8.93. The maximum absolute atomic E-state index is 12.5. The first-order chi connectivity index (χ1) is 12.7. The van der Waals surface area contributed by atoms with Gasteiger partial charge in [0.25, 0.3) is 5.91 Å². The standard InChI is InChI=1S/C21H24N2O2S/c1-26-19-12-6-5-11-18(19)21(25)22-17-14-20(24)23(15-17)13-7-10-16-8-3-2-4-9-16/h2-6,8-9,11-12,17H,7,10,13-15H2,1H3,(H,22,25). The fourth-order valence-corrected chi connectivity index (χ4v) is 3.89. The molecule has 2 amide bonds. The van der Waals surface area contributed by atoms with Crippen LogP contribution in [0.5, 0.6) is 0 Å². The summed E-state index contributed by atoms with van der Waals surface area (Å²) in [4.78, 5) is 27.6. The summed E-state index contributed by atoms with van der Waals surface area (Å²) in [5.41, 5.74) is 1.97. The molecule has 5 heteroatoms. The third-order valence-electron chi connectivity index (χ3n) is 4.64. The van der Waals surface area contributed by atoms with E-state index in [0.29, 0.717) is 18.5 Å². The molecule has 0 aliphatic carbocycles. The number of carbonyl (C=O) groups is 2. The molecule has 0 saturated carbocycles. The average Bonchev–Trinajstić information content (AvgIpc) is 3.01. The van der Waals surface area contributed by atoms with Gasteiger partial charge in [-0.2, -0.15) is 0 Å². The van der Waals surface area contributed by atoms with Crippen LogP contribution >= 0.6 is 11.8 Å². The van der Waals surface area contributed by atoms with Crippen LogP contribution in [0.25, 0.3) is 0 Å². The minimum atomic E-state index is -0.110. The summed E-state index contributed by atoms with van der Waals surface area (Å²) >= 11 is 1.55. The molecule has 2 aromatic rings. The Labute approximate surface area is 159 Å². The number of aryl methyl sites for hydroxylation is 1. The summed E-state index contributed by atoms with van der Waals surface area (Å²) in [7, 11) is 0. The van der Waals surface area contributed by atoms with Gasteiger partial charge in [-0.05, 0) is 36.8 Å². The van der Waals surface area contributed by atoms with Crippen molar-refractivity contribution in [3.8, 4) is 0 Å². The number of thioether (sulfide) groups is 1. The second kappa shape index (κ2) is 8.90. The predicted molar refractivity (Wildman–Crippen MR) is 105 cm³/mol. The highest BCUT2D eigenvalue weighted by Crippen LogP contribution is 2.20. The molecule has 0 bridgehead atoms. The molecular weight excluding hydrogens is 344 g/mol. The zero-order valence-electron chi connectivity index (χ0n) is 15.0. The van der Waals surface area contributed by atoms with Crippen LogP contribution in [-0.2, 0) is 11.2 Å². The van der Waals surface area contributed by atoms with Crippen LogP contribution in [0.1, 0.15) is 28.8 Å². The Morgan fingerprint density at radius 2 is 1.88 bits per heavy atom. The number of amides is 2. The van der Waals surface area contributed by atoms with Crippen LogP contribution in [0.4, 0.5) is 0 Å². The fourth-order valence-electron chi connectivity index (χ4n) is 3.30. The van der Waals surface area contributed by atoms with Crippen LogP contribution < -0.4 is 5.32 Å². The van der Waals surface area contributed by atoms with Crippen molar-refractivity contribution in [2.75, 3.05) is 19.3 Å². The summed E-state index contributed by atoms with van der Waals surface area (Å²) in [6.45, 7) is 1.34. The summed E-state index contributed by atoms with van der Waals surface area (Å²) in [5.74, 6) is 0.0281. The van der Waals surface area contributed by atoms with E-state index in [2.05, 4.69) is 17.4 Å². The largest absolute Gasteiger partial charge is 0.347 e. The highest BCUT2D eigenvalue weighted by atomic mass is 32.2. The Bertz CT molecular complexity index is 764. The van der Waals surface area contributed by atoms with Crippen molar-refractivity contribution in [1.29, 1.82) is 0 Å². The van der Waals surface area contributed by atoms with Crippen molar-refractivity contribution in [2.24, 2.45) is 0 Å². The highest BCUT2D eigenvalue weighted by molar-refractivity contribution is 7.98. The Kier molecular flexibility index (Phi) is 6.34.